The van der Waals surface area contributed by atoms with E-state index < -0.39 is 20.3 Å². The van der Waals surface area contributed by atoms with E-state index in [4.69, 9.17) is 10.7 Å². The number of rotatable bonds is 3. The van der Waals surface area contributed by atoms with E-state index in [1.54, 1.807) is 0 Å². The minimum absolute atomic E-state index is 0.0876. The molecule has 0 unspecified atom stereocenters. The van der Waals surface area contributed by atoms with Crippen LogP contribution in [0.5, 0.6) is 5.75 Å². The highest BCUT2D eigenvalue weighted by atomic mass is 35.7. The minimum Gasteiger partial charge on any atom is -0.409 e. The molecule has 0 atom stereocenters. The molecule has 98 valence electrons. The average Bonchev–Trinajstić information content (AvgIpc) is 2.17. The van der Waals surface area contributed by atoms with Crippen molar-refractivity contribution < 1.29 is 22.9 Å². The summed E-state index contributed by atoms with van der Waals surface area (Å²) in [5, 5.41) is 10.6. The van der Waals surface area contributed by atoms with Gasteiger partial charge in [-0.05, 0) is 13.0 Å². The van der Waals surface area contributed by atoms with Crippen LogP contribution in [-0.4, -0.2) is 19.4 Å². The molecule has 8 nitrogen and oxygen atoms in total. The Hall–Kier alpha value is -1.87. The molecule has 10 heteroatoms. The van der Waals surface area contributed by atoms with Crippen molar-refractivity contribution in [3.05, 3.63) is 33.9 Å². The van der Waals surface area contributed by atoms with Crippen LogP contribution >= 0.6 is 10.7 Å². The SMILES string of the molecule is Cc1c(OC(=O)NS(=O)(=O)Cl)cccc1[N+](=O)[O-]. The molecule has 1 amide bonds. The van der Waals surface area contributed by atoms with Crippen LogP contribution in [0.15, 0.2) is 18.2 Å². The van der Waals surface area contributed by atoms with E-state index in [9.17, 15) is 23.3 Å². The second-order valence-electron chi connectivity index (χ2n) is 3.09. The van der Waals surface area contributed by atoms with E-state index in [0.29, 0.717) is 0 Å². The zero-order valence-corrected chi connectivity index (χ0v) is 10.5. The number of amides is 1. The molecule has 0 saturated carbocycles. The van der Waals surface area contributed by atoms with Gasteiger partial charge in [0.25, 0.3) is 5.69 Å². The first-order chi connectivity index (χ1) is 8.20. The summed E-state index contributed by atoms with van der Waals surface area (Å²) in [6, 6.07) is 3.80. The van der Waals surface area contributed by atoms with Gasteiger partial charge in [-0.1, -0.05) is 6.07 Å². The molecule has 0 fully saturated rings. The fraction of sp³-hybridized carbons (Fsp3) is 0.125. The molecule has 1 rings (SSSR count). The van der Waals surface area contributed by atoms with Gasteiger partial charge in [0.05, 0.1) is 10.5 Å². The molecule has 0 spiro atoms. The quantitative estimate of drug-likeness (QED) is 0.513. The van der Waals surface area contributed by atoms with Gasteiger partial charge in [0.1, 0.15) is 5.75 Å². The number of benzene rings is 1. The van der Waals surface area contributed by atoms with Gasteiger partial charge in [-0.15, -0.1) is 0 Å². The molecule has 0 heterocycles. The molecule has 0 saturated heterocycles. The number of carbonyl (C=O) groups is 1. The maximum absolute atomic E-state index is 11.1. The Labute approximate surface area is 106 Å². The molecule has 1 N–H and O–H groups in total. The van der Waals surface area contributed by atoms with E-state index in [1.165, 1.54) is 29.8 Å². The highest BCUT2D eigenvalue weighted by Gasteiger charge is 2.18. The van der Waals surface area contributed by atoms with Crippen molar-refractivity contribution in [2.75, 3.05) is 0 Å². The van der Waals surface area contributed by atoms with E-state index >= 15 is 0 Å². The molecule has 1 aromatic carbocycles. The topological polar surface area (TPSA) is 116 Å². The van der Waals surface area contributed by atoms with Crippen molar-refractivity contribution in [3.8, 4) is 5.75 Å². The van der Waals surface area contributed by atoms with Crippen LogP contribution < -0.4 is 9.46 Å². The second kappa shape index (κ2) is 5.19. The molecular weight excluding hydrogens is 288 g/mol. The van der Waals surface area contributed by atoms with Gasteiger partial charge in [0.2, 0.25) is 0 Å². The van der Waals surface area contributed by atoms with Crippen molar-refractivity contribution in [1.29, 1.82) is 0 Å². The molecule has 0 radical (unpaired) electrons. The minimum atomic E-state index is -4.27. The molecule has 0 aliphatic carbocycles. The number of nitro groups is 1. The highest BCUT2D eigenvalue weighted by Crippen LogP contribution is 2.26. The first kappa shape index (κ1) is 14.2. The number of nitrogens with zero attached hydrogens (tertiary/aromatic N) is 1. The summed E-state index contributed by atoms with van der Waals surface area (Å²) in [4.78, 5) is 21.1. The zero-order chi connectivity index (χ0) is 13.9. The predicted molar refractivity (Wildman–Crippen MR) is 61.8 cm³/mol. The van der Waals surface area contributed by atoms with Crippen molar-refractivity contribution in [1.82, 2.24) is 4.72 Å². The Kier molecular flexibility index (Phi) is 4.09. The van der Waals surface area contributed by atoms with Gasteiger partial charge in [-0.3, -0.25) is 10.1 Å². The number of nitrogens with one attached hydrogen (secondary N) is 1. The summed E-state index contributed by atoms with van der Waals surface area (Å²) in [6.07, 6.45) is -1.35. The summed E-state index contributed by atoms with van der Waals surface area (Å²) < 4.78 is 27.0. The lowest BCUT2D eigenvalue weighted by molar-refractivity contribution is -0.385. The monoisotopic (exact) mass is 294 g/mol. The Morgan fingerprint density at radius 2 is 2.11 bits per heavy atom. The molecule has 18 heavy (non-hydrogen) atoms. The van der Waals surface area contributed by atoms with Crippen LogP contribution in [0, 0.1) is 17.0 Å². The summed E-state index contributed by atoms with van der Waals surface area (Å²) >= 11 is 0. The summed E-state index contributed by atoms with van der Waals surface area (Å²) in [6.45, 7) is 1.36. The van der Waals surface area contributed by atoms with Crippen LogP contribution in [0.2, 0.25) is 0 Å². The molecule has 0 aliphatic rings. The molecule has 1 aromatic rings. The molecule has 0 aromatic heterocycles. The third kappa shape index (κ3) is 3.86. The lowest BCUT2D eigenvalue weighted by Gasteiger charge is -2.06. The van der Waals surface area contributed by atoms with Gasteiger partial charge >= 0.3 is 15.3 Å². The van der Waals surface area contributed by atoms with E-state index in [0.717, 1.165) is 0 Å². The van der Waals surface area contributed by atoms with Crippen molar-refractivity contribution >= 4 is 31.7 Å². The Morgan fingerprint density at radius 3 is 2.61 bits per heavy atom. The lowest BCUT2D eigenvalue weighted by Crippen LogP contribution is -2.29. The number of nitro benzene ring substituents is 1. The van der Waals surface area contributed by atoms with E-state index in [2.05, 4.69) is 4.74 Å². The number of hydrogen-bond acceptors (Lipinski definition) is 6. The Balaban J connectivity index is 2.96. The maximum atomic E-state index is 11.1. The standard InChI is InChI=1S/C8H7ClN2O6S/c1-5-6(11(13)14)3-2-4-7(5)17-8(12)10-18(9,15)16/h2-4H,1H3,(H,10,12). The highest BCUT2D eigenvalue weighted by molar-refractivity contribution is 8.12. The molecule has 0 bridgehead atoms. The van der Waals surface area contributed by atoms with Crippen molar-refractivity contribution in [2.24, 2.45) is 0 Å². The normalized spacial score (nSPS) is 10.8. The second-order valence-corrected chi connectivity index (χ2v) is 5.39. The van der Waals surface area contributed by atoms with Crippen LogP contribution in [0.1, 0.15) is 5.56 Å². The van der Waals surface area contributed by atoms with Crippen LogP contribution in [0.4, 0.5) is 10.5 Å². The summed E-state index contributed by atoms with van der Waals surface area (Å²) in [5.74, 6) is -0.137. The zero-order valence-electron chi connectivity index (χ0n) is 8.91. The number of ether oxygens (including phenoxy) is 1. The summed E-state index contributed by atoms with van der Waals surface area (Å²) in [5.41, 5.74) is -0.168. The Bertz CT molecular complexity index is 600. The summed E-state index contributed by atoms with van der Waals surface area (Å²) in [7, 11) is 0.499. The number of hydrogen-bond donors (Lipinski definition) is 1. The third-order valence-electron chi connectivity index (χ3n) is 1.86. The lowest BCUT2D eigenvalue weighted by atomic mass is 10.2. The van der Waals surface area contributed by atoms with E-state index in [1.807, 2.05) is 0 Å². The van der Waals surface area contributed by atoms with E-state index in [-0.39, 0.29) is 17.0 Å². The average molecular weight is 295 g/mol. The van der Waals surface area contributed by atoms with Gasteiger partial charge in [0.15, 0.2) is 0 Å². The van der Waals surface area contributed by atoms with Gasteiger partial charge in [-0.25, -0.2) is 9.52 Å². The van der Waals surface area contributed by atoms with Crippen LogP contribution in [-0.2, 0) is 9.24 Å². The predicted octanol–water partition coefficient (Wildman–Crippen LogP) is 1.48. The van der Waals surface area contributed by atoms with Crippen molar-refractivity contribution in [3.63, 3.8) is 0 Å². The van der Waals surface area contributed by atoms with Crippen LogP contribution in [0.25, 0.3) is 0 Å². The number of halogens is 1. The van der Waals surface area contributed by atoms with Gasteiger partial charge in [0, 0.05) is 16.7 Å². The first-order valence-electron chi connectivity index (χ1n) is 4.39. The first-order valence-corrected chi connectivity index (χ1v) is 6.70. The fourth-order valence-corrected chi connectivity index (χ4v) is 1.56. The molecular formula is C8H7ClN2O6S. The fourth-order valence-electron chi connectivity index (χ4n) is 1.13. The third-order valence-corrected chi connectivity index (χ3v) is 2.50. The van der Waals surface area contributed by atoms with Gasteiger partial charge < -0.3 is 4.74 Å². The van der Waals surface area contributed by atoms with Crippen molar-refractivity contribution in [2.45, 2.75) is 6.92 Å². The smallest absolute Gasteiger partial charge is 0.409 e. The maximum Gasteiger partial charge on any atom is 0.427 e. The number of carbonyl (C=O) groups excluding carboxylic acids is 1. The molecule has 0 aliphatic heterocycles. The van der Waals surface area contributed by atoms with Crippen LogP contribution in [0.3, 0.4) is 0 Å². The Morgan fingerprint density at radius 1 is 1.50 bits per heavy atom. The largest absolute Gasteiger partial charge is 0.427 e. The van der Waals surface area contributed by atoms with Gasteiger partial charge in [-0.2, -0.15) is 8.42 Å².